The average Bonchev–Trinajstić information content (AvgIpc) is 2.25. The van der Waals surface area contributed by atoms with Crippen molar-refractivity contribution in [3.05, 3.63) is 50.1 Å². The van der Waals surface area contributed by atoms with Crippen LogP contribution in [0.1, 0.15) is 12.0 Å². The zero-order chi connectivity index (χ0) is 12.0. The Morgan fingerprint density at radius 1 is 1.38 bits per heavy atom. The van der Waals surface area contributed by atoms with Crippen LogP contribution in [0.25, 0.3) is 16.5 Å². The van der Waals surface area contributed by atoms with Crippen LogP contribution in [0.5, 0.6) is 0 Å². The highest BCUT2D eigenvalue weighted by Gasteiger charge is 2.05. The molecule has 0 radical (unpaired) electrons. The lowest BCUT2D eigenvalue weighted by Gasteiger charge is -1.99. The summed E-state index contributed by atoms with van der Waals surface area (Å²) in [6.45, 7) is 0.385. The van der Waals surface area contributed by atoms with E-state index in [-0.39, 0.29) is 10.0 Å². The van der Waals surface area contributed by atoms with E-state index in [0.717, 1.165) is 0 Å². The molecule has 0 bridgehead atoms. The first-order chi connectivity index (χ1) is 7.65. The number of nitrogens with zero attached hydrogens (tertiary/aromatic N) is 3. The van der Waals surface area contributed by atoms with Crippen molar-refractivity contribution in [2.75, 3.05) is 6.54 Å². The first-order valence-electron chi connectivity index (χ1n) is 4.47. The fourth-order valence-corrected chi connectivity index (χ4v) is 1.57. The Kier molecular flexibility index (Phi) is 5.12. The van der Waals surface area contributed by atoms with Gasteiger partial charge in [-0.25, -0.2) is 4.39 Å². The molecule has 0 saturated heterocycles. The number of rotatable bonds is 4. The molecular formula is C10H8Cl2FN3. The molecule has 1 rings (SSSR count). The Morgan fingerprint density at radius 3 is 2.56 bits per heavy atom. The van der Waals surface area contributed by atoms with Crippen LogP contribution >= 0.6 is 23.2 Å². The van der Waals surface area contributed by atoms with Gasteiger partial charge in [-0.05, 0) is 29.6 Å². The van der Waals surface area contributed by atoms with E-state index >= 15 is 0 Å². The largest absolute Gasteiger partial charge is 0.204 e. The van der Waals surface area contributed by atoms with Gasteiger partial charge in [0, 0.05) is 11.5 Å². The normalized spacial score (nSPS) is 10.4. The van der Waals surface area contributed by atoms with Crippen LogP contribution in [0.4, 0.5) is 4.39 Å². The van der Waals surface area contributed by atoms with Gasteiger partial charge in [-0.1, -0.05) is 40.5 Å². The summed E-state index contributed by atoms with van der Waals surface area (Å²) in [5, 5.41) is 3.35. The summed E-state index contributed by atoms with van der Waals surface area (Å²) >= 11 is 11.2. The molecule has 0 fully saturated rings. The van der Waals surface area contributed by atoms with Crippen molar-refractivity contribution in [2.45, 2.75) is 6.42 Å². The van der Waals surface area contributed by atoms with Crippen molar-refractivity contribution in [1.29, 1.82) is 0 Å². The fourth-order valence-electron chi connectivity index (χ4n) is 1.07. The van der Waals surface area contributed by atoms with Crippen LogP contribution in [-0.4, -0.2) is 6.54 Å². The highest BCUT2D eigenvalue weighted by atomic mass is 35.5. The second-order valence-corrected chi connectivity index (χ2v) is 3.76. The lowest BCUT2D eigenvalue weighted by Crippen LogP contribution is -1.82. The number of hydrogen-bond donors (Lipinski definition) is 0. The molecule has 0 aliphatic rings. The van der Waals surface area contributed by atoms with Crippen molar-refractivity contribution in [3.63, 3.8) is 0 Å². The Hall–Kier alpha value is -1.22. The summed E-state index contributed by atoms with van der Waals surface area (Å²) in [6.07, 6.45) is 4.15. The maximum atomic E-state index is 13.1. The van der Waals surface area contributed by atoms with Gasteiger partial charge < -0.3 is 0 Å². The highest BCUT2D eigenvalue weighted by molar-refractivity contribution is 6.35. The third-order valence-corrected chi connectivity index (χ3v) is 2.33. The smallest absolute Gasteiger partial charge is 0.160 e. The molecule has 0 saturated carbocycles. The minimum absolute atomic E-state index is 0.0119. The zero-order valence-electron chi connectivity index (χ0n) is 8.20. The second kappa shape index (κ2) is 6.38. The molecule has 16 heavy (non-hydrogen) atoms. The maximum absolute atomic E-state index is 13.1. The predicted molar refractivity (Wildman–Crippen MR) is 64.1 cm³/mol. The van der Waals surface area contributed by atoms with E-state index in [9.17, 15) is 4.39 Å². The van der Waals surface area contributed by atoms with Crippen molar-refractivity contribution in [3.8, 4) is 0 Å². The van der Waals surface area contributed by atoms with Gasteiger partial charge in [-0.15, -0.1) is 0 Å². The SMILES string of the molecule is [N-]=[N+]=NCCC=Cc1cc(Cl)c(F)c(Cl)c1. The molecule has 6 heteroatoms. The van der Waals surface area contributed by atoms with Crippen molar-refractivity contribution in [1.82, 2.24) is 0 Å². The van der Waals surface area contributed by atoms with E-state index in [4.69, 9.17) is 28.7 Å². The molecule has 0 aliphatic heterocycles. The monoisotopic (exact) mass is 259 g/mol. The van der Waals surface area contributed by atoms with E-state index in [0.29, 0.717) is 18.5 Å². The second-order valence-electron chi connectivity index (χ2n) is 2.94. The van der Waals surface area contributed by atoms with E-state index in [1.165, 1.54) is 12.1 Å². The van der Waals surface area contributed by atoms with Crippen LogP contribution in [0.15, 0.2) is 23.3 Å². The van der Waals surface area contributed by atoms with Gasteiger partial charge in [0.1, 0.15) is 0 Å². The topological polar surface area (TPSA) is 48.8 Å². The predicted octanol–water partition coefficient (Wildman–Crippen LogP) is 4.85. The molecule has 1 aromatic rings. The molecule has 0 aliphatic carbocycles. The number of benzene rings is 1. The van der Waals surface area contributed by atoms with E-state index < -0.39 is 5.82 Å². The molecule has 0 spiro atoms. The first-order valence-corrected chi connectivity index (χ1v) is 5.22. The Labute approximate surface area is 102 Å². The van der Waals surface area contributed by atoms with Crippen LogP contribution in [0.3, 0.4) is 0 Å². The molecular weight excluding hydrogens is 252 g/mol. The molecule has 0 amide bonds. The van der Waals surface area contributed by atoms with Gasteiger partial charge in [0.2, 0.25) is 0 Å². The van der Waals surface area contributed by atoms with E-state index in [1.54, 1.807) is 12.2 Å². The molecule has 0 N–H and O–H groups in total. The molecule has 1 aromatic carbocycles. The van der Waals surface area contributed by atoms with Gasteiger partial charge in [0.15, 0.2) is 5.82 Å². The summed E-state index contributed by atoms with van der Waals surface area (Å²) in [5.74, 6) is -0.616. The molecule has 84 valence electrons. The third-order valence-electron chi connectivity index (χ3n) is 1.78. The van der Waals surface area contributed by atoms with Crippen LogP contribution in [0.2, 0.25) is 10.0 Å². The number of halogens is 3. The van der Waals surface area contributed by atoms with Crippen molar-refractivity contribution in [2.24, 2.45) is 5.11 Å². The summed E-state index contributed by atoms with van der Waals surface area (Å²) < 4.78 is 13.1. The lowest BCUT2D eigenvalue weighted by molar-refractivity contribution is 0.628. The standard InChI is InChI=1S/C10H8Cl2FN3/c11-8-5-7(6-9(12)10(8)13)3-1-2-4-15-16-14/h1,3,5-6H,2,4H2. The Balaban J connectivity index is 2.71. The average molecular weight is 260 g/mol. The van der Waals surface area contributed by atoms with Crippen LogP contribution in [0, 0.1) is 5.82 Å². The number of azide groups is 1. The third kappa shape index (κ3) is 3.74. The van der Waals surface area contributed by atoms with Gasteiger partial charge in [0.05, 0.1) is 10.0 Å². The molecule has 0 aromatic heterocycles. The summed E-state index contributed by atoms with van der Waals surface area (Å²) in [5.41, 5.74) is 8.75. The minimum Gasteiger partial charge on any atom is -0.204 e. The molecule has 0 heterocycles. The van der Waals surface area contributed by atoms with E-state index in [2.05, 4.69) is 10.0 Å². The molecule has 3 nitrogen and oxygen atoms in total. The summed E-state index contributed by atoms with van der Waals surface area (Å²) in [4.78, 5) is 2.62. The van der Waals surface area contributed by atoms with Crippen LogP contribution in [-0.2, 0) is 0 Å². The van der Waals surface area contributed by atoms with Gasteiger partial charge >= 0.3 is 0 Å². The Morgan fingerprint density at radius 2 is 2.00 bits per heavy atom. The molecule has 0 atom stereocenters. The lowest BCUT2D eigenvalue weighted by atomic mass is 10.2. The molecule has 0 unspecified atom stereocenters. The van der Waals surface area contributed by atoms with Crippen molar-refractivity contribution < 1.29 is 4.39 Å². The van der Waals surface area contributed by atoms with E-state index in [1.807, 2.05) is 0 Å². The number of hydrogen-bond acceptors (Lipinski definition) is 1. The van der Waals surface area contributed by atoms with Crippen LogP contribution < -0.4 is 0 Å². The minimum atomic E-state index is -0.616. The summed E-state index contributed by atoms with van der Waals surface area (Å²) in [7, 11) is 0. The quantitative estimate of drug-likeness (QED) is 0.244. The van der Waals surface area contributed by atoms with Gasteiger partial charge in [0.25, 0.3) is 0 Å². The summed E-state index contributed by atoms with van der Waals surface area (Å²) in [6, 6.07) is 2.96. The van der Waals surface area contributed by atoms with Crippen molar-refractivity contribution >= 4 is 29.3 Å². The maximum Gasteiger partial charge on any atom is 0.160 e. The first kappa shape index (κ1) is 12.8. The zero-order valence-corrected chi connectivity index (χ0v) is 9.71. The fraction of sp³-hybridized carbons (Fsp3) is 0.200. The Bertz CT molecular complexity index is 430. The van der Waals surface area contributed by atoms with Gasteiger partial charge in [-0.2, -0.15) is 0 Å². The highest BCUT2D eigenvalue weighted by Crippen LogP contribution is 2.25. The van der Waals surface area contributed by atoms with Gasteiger partial charge in [-0.3, -0.25) is 0 Å².